The molecule has 2 heterocycles. The fraction of sp³-hybridized carbons (Fsp3) is 0.524. The van der Waals surface area contributed by atoms with Crippen LogP contribution in [0.5, 0.6) is 0 Å². The van der Waals surface area contributed by atoms with Gasteiger partial charge in [0.1, 0.15) is 0 Å². The molecule has 0 bridgehead atoms. The van der Waals surface area contributed by atoms with Gasteiger partial charge in [0.2, 0.25) is 0 Å². The Bertz CT molecular complexity index is 891. The highest BCUT2D eigenvalue weighted by Gasteiger charge is 2.37. The molecule has 0 spiro atoms. The maximum absolute atomic E-state index is 13.2. The zero-order valence-electron chi connectivity index (χ0n) is 16.1. The van der Waals surface area contributed by atoms with Crippen molar-refractivity contribution in [2.75, 3.05) is 13.1 Å². The smallest absolute Gasteiger partial charge is 0.339 e. The summed E-state index contributed by atoms with van der Waals surface area (Å²) in [6.45, 7) is 5.40. The van der Waals surface area contributed by atoms with Crippen LogP contribution < -0.4 is 0 Å². The van der Waals surface area contributed by atoms with Gasteiger partial charge in [-0.1, -0.05) is 13.0 Å². The fourth-order valence-corrected chi connectivity index (χ4v) is 3.92. The molecule has 2 aliphatic rings. The average Bonchev–Trinajstić information content (AvgIpc) is 3.43. The molecule has 1 amide bonds. The molecule has 7 heteroatoms. The van der Waals surface area contributed by atoms with Gasteiger partial charge in [-0.05, 0) is 56.7 Å². The summed E-state index contributed by atoms with van der Waals surface area (Å²) in [5, 5.41) is 4.50. The van der Waals surface area contributed by atoms with E-state index in [4.69, 9.17) is 0 Å². The van der Waals surface area contributed by atoms with Crippen LogP contribution in [-0.4, -0.2) is 33.7 Å². The van der Waals surface area contributed by atoms with E-state index in [0.717, 1.165) is 56.6 Å². The quantitative estimate of drug-likeness (QED) is 0.743. The van der Waals surface area contributed by atoms with Gasteiger partial charge in [0.05, 0.1) is 28.2 Å². The van der Waals surface area contributed by atoms with E-state index in [1.165, 1.54) is 6.07 Å². The first-order valence-electron chi connectivity index (χ1n) is 9.82. The number of aryl methyl sites for hydroxylation is 1. The fourth-order valence-electron chi connectivity index (χ4n) is 3.92. The molecule has 0 radical (unpaired) electrons. The van der Waals surface area contributed by atoms with Crippen molar-refractivity contribution >= 4 is 5.91 Å². The lowest BCUT2D eigenvalue weighted by atomic mass is 9.98. The van der Waals surface area contributed by atoms with Crippen LogP contribution in [-0.2, 0) is 6.18 Å². The van der Waals surface area contributed by atoms with E-state index < -0.39 is 11.7 Å². The maximum atomic E-state index is 13.2. The molecule has 28 heavy (non-hydrogen) atoms. The van der Waals surface area contributed by atoms with Crippen molar-refractivity contribution in [3.8, 4) is 5.69 Å². The molecule has 2 aromatic rings. The maximum Gasteiger partial charge on any atom is 0.416 e. The Kier molecular flexibility index (Phi) is 4.71. The summed E-state index contributed by atoms with van der Waals surface area (Å²) >= 11 is 0. The number of carbonyl (C=O) groups excluding carboxylic acids is 1. The minimum Gasteiger partial charge on any atom is -0.339 e. The number of hydrogen-bond acceptors (Lipinski definition) is 2. The normalized spacial score (nSPS) is 18.5. The van der Waals surface area contributed by atoms with Crippen LogP contribution >= 0.6 is 0 Å². The first kappa shape index (κ1) is 19.0. The summed E-state index contributed by atoms with van der Waals surface area (Å²) in [5.41, 5.74) is 1.57. The predicted molar refractivity (Wildman–Crippen MR) is 99.6 cm³/mol. The van der Waals surface area contributed by atoms with Gasteiger partial charge in [-0.25, -0.2) is 4.68 Å². The third-order valence-electron chi connectivity index (χ3n) is 5.76. The lowest BCUT2D eigenvalue weighted by molar-refractivity contribution is -0.137. The highest BCUT2D eigenvalue weighted by molar-refractivity contribution is 5.97. The largest absolute Gasteiger partial charge is 0.416 e. The minimum atomic E-state index is -4.42. The van der Waals surface area contributed by atoms with Crippen LogP contribution in [0.15, 0.2) is 24.3 Å². The number of likely N-dealkylation sites (tertiary alicyclic amines) is 1. The highest BCUT2D eigenvalue weighted by atomic mass is 19.4. The molecule has 1 aliphatic carbocycles. The van der Waals surface area contributed by atoms with Gasteiger partial charge in [-0.2, -0.15) is 18.3 Å². The predicted octanol–water partition coefficient (Wildman–Crippen LogP) is 4.95. The lowest BCUT2D eigenvalue weighted by Gasteiger charge is -2.30. The molecule has 150 valence electrons. The molecule has 0 atom stereocenters. The van der Waals surface area contributed by atoms with Gasteiger partial charge in [-0.15, -0.1) is 0 Å². The summed E-state index contributed by atoms with van der Waals surface area (Å²) in [6, 6.07) is 5.16. The van der Waals surface area contributed by atoms with Crippen molar-refractivity contribution in [3.05, 3.63) is 46.8 Å². The molecule has 4 rings (SSSR count). The minimum absolute atomic E-state index is 0.0375. The SMILES string of the molecule is Cc1nn(-c2cccc(C(F)(F)F)c2)c(C2CC2)c1C(=O)N1CCC(C)CC1. The Morgan fingerprint density at radius 2 is 1.82 bits per heavy atom. The van der Waals surface area contributed by atoms with Crippen LogP contribution in [0.1, 0.15) is 65.8 Å². The van der Waals surface area contributed by atoms with Gasteiger partial charge in [0.15, 0.2) is 0 Å². The van der Waals surface area contributed by atoms with Crippen LogP contribution in [0.3, 0.4) is 0 Å². The Balaban J connectivity index is 1.75. The topological polar surface area (TPSA) is 38.1 Å². The van der Waals surface area contributed by atoms with Crippen molar-refractivity contribution in [1.29, 1.82) is 0 Å². The summed E-state index contributed by atoms with van der Waals surface area (Å²) < 4.78 is 41.0. The number of aromatic nitrogens is 2. The van der Waals surface area contributed by atoms with E-state index in [9.17, 15) is 18.0 Å². The number of carbonyl (C=O) groups is 1. The van der Waals surface area contributed by atoms with E-state index in [1.54, 1.807) is 17.7 Å². The molecule has 1 saturated heterocycles. The molecule has 1 saturated carbocycles. The lowest BCUT2D eigenvalue weighted by Crippen LogP contribution is -2.38. The Hall–Kier alpha value is -2.31. The zero-order valence-corrected chi connectivity index (χ0v) is 16.1. The van der Waals surface area contributed by atoms with Crippen molar-refractivity contribution in [3.63, 3.8) is 0 Å². The standard InChI is InChI=1S/C21H24F3N3O/c1-13-8-10-26(11-9-13)20(28)18-14(2)25-27(19(18)15-6-7-15)17-5-3-4-16(12-17)21(22,23)24/h3-5,12-13,15H,6-11H2,1-2H3. The van der Waals surface area contributed by atoms with Crippen molar-refractivity contribution in [1.82, 2.24) is 14.7 Å². The van der Waals surface area contributed by atoms with Crippen LogP contribution in [0, 0.1) is 12.8 Å². The summed E-state index contributed by atoms with van der Waals surface area (Å²) in [4.78, 5) is 15.1. The molecule has 2 fully saturated rings. The number of halogens is 3. The summed E-state index contributed by atoms with van der Waals surface area (Å²) in [5.74, 6) is 0.754. The van der Waals surface area contributed by atoms with Crippen LogP contribution in [0.25, 0.3) is 5.69 Å². The molecular formula is C21H24F3N3O. The highest BCUT2D eigenvalue weighted by Crippen LogP contribution is 2.44. The van der Waals surface area contributed by atoms with Gasteiger partial charge >= 0.3 is 6.18 Å². The van der Waals surface area contributed by atoms with Gasteiger partial charge < -0.3 is 4.90 Å². The second-order valence-corrected chi connectivity index (χ2v) is 8.05. The summed E-state index contributed by atoms with van der Waals surface area (Å²) in [7, 11) is 0. The Morgan fingerprint density at radius 1 is 1.14 bits per heavy atom. The van der Waals surface area contributed by atoms with Gasteiger partial charge in [-0.3, -0.25) is 4.79 Å². The van der Waals surface area contributed by atoms with Gasteiger partial charge in [0, 0.05) is 19.0 Å². The summed E-state index contributed by atoms with van der Waals surface area (Å²) in [6.07, 6.45) is -0.597. The van der Waals surface area contributed by atoms with E-state index in [-0.39, 0.29) is 11.8 Å². The third-order valence-corrected chi connectivity index (χ3v) is 5.76. The number of rotatable bonds is 3. The first-order valence-corrected chi connectivity index (χ1v) is 9.82. The van der Waals surface area contributed by atoms with E-state index in [2.05, 4.69) is 12.0 Å². The van der Waals surface area contributed by atoms with Crippen molar-refractivity contribution in [2.45, 2.75) is 51.6 Å². The van der Waals surface area contributed by atoms with Crippen molar-refractivity contribution in [2.24, 2.45) is 5.92 Å². The second-order valence-electron chi connectivity index (χ2n) is 8.05. The Labute approximate surface area is 162 Å². The van der Waals surface area contributed by atoms with E-state index >= 15 is 0 Å². The van der Waals surface area contributed by atoms with Gasteiger partial charge in [0.25, 0.3) is 5.91 Å². The third kappa shape index (κ3) is 3.54. The van der Waals surface area contributed by atoms with E-state index in [1.807, 2.05) is 4.90 Å². The van der Waals surface area contributed by atoms with Crippen LogP contribution in [0.2, 0.25) is 0 Å². The van der Waals surface area contributed by atoms with Crippen molar-refractivity contribution < 1.29 is 18.0 Å². The number of alkyl halides is 3. The molecular weight excluding hydrogens is 367 g/mol. The number of amides is 1. The molecule has 1 aromatic carbocycles. The zero-order chi connectivity index (χ0) is 20.1. The average molecular weight is 391 g/mol. The molecule has 4 nitrogen and oxygen atoms in total. The number of hydrogen-bond donors (Lipinski definition) is 0. The number of piperidine rings is 1. The molecule has 0 unspecified atom stereocenters. The number of nitrogens with zero attached hydrogens (tertiary/aromatic N) is 3. The first-order chi connectivity index (χ1) is 13.3. The monoisotopic (exact) mass is 391 g/mol. The number of benzene rings is 1. The van der Waals surface area contributed by atoms with E-state index in [0.29, 0.717) is 22.9 Å². The molecule has 1 aromatic heterocycles. The molecule has 1 aliphatic heterocycles. The Morgan fingerprint density at radius 3 is 2.43 bits per heavy atom. The second kappa shape index (κ2) is 6.94. The molecule has 0 N–H and O–H groups in total. The van der Waals surface area contributed by atoms with Crippen LogP contribution in [0.4, 0.5) is 13.2 Å².